The summed E-state index contributed by atoms with van der Waals surface area (Å²) in [5.74, 6) is -1.57. The van der Waals surface area contributed by atoms with Crippen LogP contribution in [-0.4, -0.2) is 62.2 Å². The van der Waals surface area contributed by atoms with Gasteiger partial charge < -0.3 is 10.0 Å². The van der Waals surface area contributed by atoms with Crippen LogP contribution in [0.2, 0.25) is 5.02 Å². The molecule has 8 heteroatoms. The number of carboxylic acids is 1. The van der Waals surface area contributed by atoms with Gasteiger partial charge in [-0.25, -0.2) is 0 Å². The number of amides is 1. The van der Waals surface area contributed by atoms with E-state index in [-0.39, 0.29) is 12.3 Å². The predicted molar refractivity (Wildman–Crippen MR) is 101 cm³/mol. The molecule has 4 rings (SSSR count). The quantitative estimate of drug-likeness (QED) is 0.868. The van der Waals surface area contributed by atoms with Gasteiger partial charge in [-0.1, -0.05) is 17.7 Å². The molecule has 1 aromatic carbocycles. The number of hydrogen-bond acceptors (Lipinski definition) is 4. The standard InChI is InChI=1S/C19H23ClN4O3/c1-22-16(25)10-12(18(26)27)19(22)6-8-24(9-7-19)11-14-17-13(20)4-3-5-15(17)23(2)21-14/h3-5,12H,6-11H2,1-2H3,(H,26,27)/t12-/m1/s1. The number of benzene rings is 1. The maximum Gasteiger partial charge on any atom is 0.309 e. The molecule has 2 fully saturated rings. The van der Waals surface area contributed by atoms with E-state index >= 15 is 0 Å². The van der Waals surface area contributed by atoms with Gasteiger partial charge in [-0.2, -0.15) is 5.10 Å². The van der Waals surface area contributed by atoms with Gasteiger partial charge in [-0.05, 0) is 25.0 Å². The second-order valence-electron chi connectivity index (χ2n) is 7.63. The summed E-state index contributed by atoms with van der Waals surface area (Å²) in [7, 11) is 3.65. The van der Waals surface area contributed by atoms with Gasteiger partial charge in [-0.15, -0.1) is 0 Å². The van der Waals surface area contributed by atoms with Gasteiger partial charge in [0.2, 0.25) is 5.91 Å². The highest BCUT2D eigenvalue weighted by Crippen LogP contribution is 2.43. The topological polar surface area (TPSA) is 78.7 Å². The molecule has 27 heavy (non-hydrogen) atoms. The number of aryl methyl sites for hydroxylation is 1. The Bertz CT molecular complexity index is 917. The number of fused-ring (bicyclic) bond motifs is 1. The fourth-order valence-corrected chi connectivity index (χ4v) is 5.04. The van der Waals surface area contributed by atoms with Gasteiger partial charge in [0.1, 0.15) is 0 Å². The number of aromatic nitrogens is 2. The first kappa shape index (κ1) is 18.3. The smallest absolute Gasteiger partial charge is 0.309 e. The molecule has 2 saturated heterocycles. The van der Waals surface area contributed by atoms with Crippen molar-refractivity contribution >= 4 is 34.4 Å². The Hall–Kier alpha value is -2.12. The maximum atomic E-state index is 12.1. The monoisotopic (exact) mass is 390 g/mol. The van der Waals surface area contributed by atoms with Crippen LogP contribution in [0.5, 0.6) is 0 Å². The van der Waals surface area contributed by atoms with Gasteiger partial charge >= 0.3 is 5.97 Å². The number of carbonyl (C=O) groups excluding carboxylic acids is 1. The van der Waals surface area contributed by atoms with Crippen LogP contribution in [0.25, 0.3) is 10.9 Å². The molecular weight excluding hydrogens is 368 g/mol. The average Bonchev–Trinajstić information content (AvgIpc) is 3.08. The zero-order valence-electron chi connectivity index (χ0n) is 15.5. The third-order valence-electron chi connectivity index (χ3n) is 6.36. The lowest BCUT2D eigenvalue weighted by atomic mass is 9.77. The summed E-state index contributed by atoms with van der Waals surface area (Å²) in [5.41, 5.74) is 1.36. The summed E-state index contributed by atoms with van der Waals surface area (Å²) in [6.07, 6.45) is 1.42. The SMILES string of the molecule is CN1C(=O)C[C@H](C(=O)O)C12CCN(Cc1nn(C)c3cccc(Cl)c13)CC2. The third-order valence-corrected chi connectivity index (χ3v) is 6.68. The summed E-state index contributed by atoms with van der Waals surface area (Å²) in [6.45, 7) is 2.11. The minimum Gasteiger partial charge on any atom is -0.481 e. The summed E-state index contributed by atoms with van der Waals surface area (Å²) in [5, 5.41) is 15.9. The van der Waals surface area contributed by atoms with Gasteiger partial charge in [0.15, 0.2) is 0 Å². The number of nitrogens with zero attached hydrogens (tertiary/aromatic N) is 4. The fourth-order valence-electron chi connectivity index (χ4n) is 4.76. The number of rotatable bonds is 3. The van der Waals surface area contributed by atoms with Crippen LogP contribution in [0, 0.1) is 5.92 Å². The molecule has 0 radical (unpaired) electrons. The van der Waals surface area contributed by atoms with Crippen LogP contribution < -0.4 is 0 Å². The second-order valence-corrected chi connectivity index (χ2v) is 8.04. The van der Waals surface area contributed by atoms with E-state index in [0.717, 1.165) is 29.7 Å². The Morgan fingerprint density at radius 2 is 2.04 bits per heavy atom. The van der Waals surface area contributed by atoms with Crippen LogP contribution in [-0.2, 0) is 23.2 Å². The van der Waals surface area contributed by atoms with E-state index in [4.69, 9.17) is 11.6 Å². The number of carboxylic acid groups (broad SMARTS) is 1. The molecule has 2 aliphatic heterocycles. The Morgan fingerprint density at radius 3 is 2.70 bits per heavy atom. The predicted octanol–water partition coefficient (Wildman–Crippen LogP) is 2.12. The zero-order chi connectivity index (χ0) is 19.3. The van der Waals surface area contributed by atoms with E-state index in [9.17, 15) is 14.7 Å². The fraction of sp³-hybridized carbons (Fsp3) is 0.526. The van der Waals surface area contributed by atoms with Crippen molar-refractivity contribution < 1.29 is 14.7 Å². The molecule has 1 N–H and O–H groups in total. The largest absolute Gasteiger partial charge is 0.481 e. The number of likely N-dealkylation sites (tertiary alicyclic amines) is 2. The summed E-state index contributed by atoms with van der Waals surface area (Å²) in [6, 6.07) is 5.79. The first-order valence-electron chi connectivity index (χ1n) is 9.15. The minimum absolute atomic E-state index is 0.0710. The Kier molecular flexibility index (Phi) is 4.39. The lowest BCUT2D eigenvalue weighted by Gasteiger charge is -2.45. The Labute approximate surface area is 162 Å². The molecule has 0 bridgehead atoms. The molecule has 0 aliphatic carbocycles. The molecule has 2 aromatic rings. The number of piperidine rings is 1. The minimum atomic E-state index is -0.872. The lowest BCUT2D eigenvalue weighted by molar-refractivity contribution is -0.146. The van der Waals surface area contributed by atoms with E-state index in [1.165, 1.54) is 0 Å². The number of hydrogen-bond donors (Lipinski definition) is 1. The molecular formula is C19H23ClN4O3. The molecule has 1 aromatic heterocycles. The van der Waals surface area contributed by atoms with Crippen LogP contribution >= 0.6 is 11.6 Å². The van der Waals surface area contributed by atoms with Crippen LogP contribution in [0.15, 0.2) is 18.2 Å². The van der Waals surface area contributed by atoms with Crippen LogP contribution in [0.3, 0.4) is 0 Å². The highest BCUT2D eigenvalue weighted by molar-refractivity contribution is 6.35. The molecule has 2 aliphatic rings. The van der Waals surface area contributed by atoms with E-state index in [1.807, 2.05) is 29.9 Å². The van der Waals surface area contributed by atoms with Gasteiger partial charge in [-0.3, -0.25) is 19.2 Å². The molecule has 0 unspecified atom stereocenters. The van der Waals surface area contributed by atoms with Crippen LogP contribution in [0.4, 0.5) is 0 Å². The first-order valence-corrected chi connectivity index (χ1v) is 9.53. The van der Waals surface area contributed by atoms with Crippen molar-refractivity contribution in [2.24, 2.45) is 13.0 Å². The summed E-state index contributed by atoms with van der Waals surface area (Å²) < 4.78 is 1.84. The van der Waals surface area contributed by atoms with Crippen molar-refractivity contribution in [2.75, 3.05) is 20.1 Å². The van der Waals surface area contributed by atoms with Crippen molar-refractivity contribution in [3.63, 3.8) is 0 Å². The van der Waals surface area contributed by atoms with E-state index < -0.39 is 17.4 Å². The summed E-state index contributed by atoms with van der Waals surface area (Å²) >= 11 is 6.40. The van der Waals surface area contributed by atoms with Crippen LogP contribution in [0.1, 0.15) is 25.0 Å². The van der Waals surface area contributed by atoms with Crippen molar-refractivity contribution in [1.29, 1.82) is 0 Å². The Morgan fingerprint density at radius 1 is 1.33 bits per heavy atom. The van der Waals surface area contributed by atoms with Crippen molar-refractivity contribution in [1.82, 2.24) is 19.6 Å². The number of halogens is 1. The molecule has 0 saturated carbocycles. The molecule has 1 amide bonds. The molecule has 144 valence electrons. The third kappa shape index (κ3) is 2.80. The molecule has 1 spiro atoms. The van der Waals surface area contributed by atoms with Crippen molar-refractivity contribution in [3.05, 3.63) is 28.9 Å². The lowest BCUT2D eigenvalue weighted by Crippen LogP contribution is -2.55. The molecule has 7 nitrogen and oxygen atoms in total. The number of carbonyl (C=O) groups is 2. The maximum absolute atomic E-state index is 12.1. The molecule has 3 heterocycles. The first-order chi connectivity index (χ1) is 12.8. The van der Waals surface area contributed by atoms with Gasteiger partial charge in [0.25, 0.3) is 0 Å². The zero-order valence-corrected chi connectivity index (χ0v) is 16.2. The normalized spacial score (nSPS) is 22.9. The highest BCUT2D eigenvalue weighted by atomic mass is 35.5. The van der Waals surface area contributed by atoms with Crippen molar-refractivity contribution in [2.45, 2.75) is 31.3 Å². The van der Waals surface area contributed by atoms with Gasteiger partial charge in [0.05, 0.1) is 27.7 Å². The highest BCUT2D eigenvalue weighted by Gasteiger charge is 2.55. The van der Waals surface area contributed by atoms with Gasteiger partial charge in [0, 0.05) is 45.5 Å². The van der Waals surface area contributed by atoms with E-state index in [2.05, 4.69) is 10.00 Å². The molecule has 1 atom stereocenters. The van der Waals surface area contributed by atoms with Crippen molar-refractivity contribution in [3.8, 4) is 0 Å². The second kappa shape index (κ2) is 6.49. The average molecular weight is 391 g/mol. The Balaban J connectivity index is 1.54. The summed E-state index contributed by atoms with van der Waals surface area (Å²) in [4.78, 5) is 27.8. The number of aliphatic carboxylic acids is 1. The van der Waals surface area contributed by atoms with E-state index in [1.54, 1.807) is 11.9 Å². The van der Waals surface area contributed by atoms with E-state index in [0.29, 0.717) is 24.4 Å².